The van der Waals surface area contributed by atoms with E-state index in [0.29, 0.717) is 16.8 Å². The van der Waals surface area contributed by atoms with Crippen LogP contribution in [0, 0.1) is 10.1 Å². The molecule has 5 aromatic rings. The molecule has 39 heavy (non-hydrogen) atoms. The van der Waals surface area contributed by atoms with Crippen molar-refractivity contribution in [2.75, 3.05) is 16.0 Å². The van der Waals surface area contributed by atoms with E-state index in [-0.39, 0.29) is 36.4 Å². The van der Waals surface area contributed by atoms with E-state index in [4.69, 9.17) is 0 Å². The molecule has 0 bridgehead atoms. The first-order valence-electron chi connectivity index (χ1n) is 11.5. The van der Waals surface area contributed by atoms with E-state index >= 15 is 0 Å². The minimum absolute atomic E-state index is 0. The minimum atomic E-state index is -0.440. The highest BCUT2D eigenvalue weighted by Gasteiger charge is 2.11. The number of aryl methyl sites for hydroxylation is 1. The summed E-state index contributed by atoms with van der Waals surface area (Å²) in [5.74, 6) is -0.217. The molecule has 0 saturated carbocycles. The quantitative estimate of drug-likeness (QED) is 0.157. The summed E-state index contributed by atoms with van der Waals surface area (Å²) in [6.07, 6.45) is 5.49. The topological polar surface area (TPSA) is 114 Å². The number of nitro groups is 1. The highest BCUT2D eigenvalue weighted by atomic mass is 35.5. The summed E-state index contributed by atoms with van der Waals surface area (Å²) in [6.45, 7) is 0. The standard InChI is InChI=1S/C28H22N6O3.2ClH/c1-33-15-12-22(13-16-33)30-23-4-2-3-19(17-23)28(35)32-21-7-5-20(6-8-21)31-26-11-14-29-27-18-24(34(36)37)9-10-25(26)27;;/h2-18,30H,1H3,(H-,29,31,32,35);2*1H. The number of nitro benzene ring substituents is 1. The van der Waals surface area contributed by atoms with Gasteiger partial charge in [0.25, 0.3) is 11.6 Å². The summed E-state index contributed by atoms with van der Waals surface area (Å²) in [6, 6.07) is 24.9. The van der Waals surface area contributed by atoms with Gasteiger partial charge in [0.15, 0.2) is 0 Å². The predicted octanol–water partition coefficient (Wildman–Crippen LogP) is 3.93. The molecule has 0 fully saturated rings. The number of anilines is 5. The predicted molar refractivity (Wildman–Crippen MR) is 153 cm³/mol. The zero-order valence-electron chi connectivity index (χ0n) is 20.7. The summed E-state index contributed by atoms with van der Waals surface area (Å²) < 4.78 is 1.95. The van der Waals surface area contributed by atoms with Crippen molar-refractivity contribution in [3.05, 3.63) is 119 Å². The van der Waals surface area contributed by atoms with Gasteiger partial charge in [0, 0.05) is 60.0 Å². The number of halogens is 2. The number of aromatic nitrogens is 2. The number of benzene rings is 3. The molecule has 0 radical (unpaired) electrons. The van der Waals surface area contributed by atoms with E-state index in [1.165, 1.54) is 12.1 Å². The van der Waals surface area contributed by atoms with Crippen LogP contribution >= 0.6 is 12.4 Å². The molecule has 0 atom stereocenters. The van der Waals surface area contributed by atoms with Gasteiger partial charge in [-0.3, -0.25) is 29.8 Å². The Morgan fingerprint density at radius 2 is 1.67 bits per heavy atom. The van der Waals surface area contributed by atoms with Gasteiger partial charge in [-0.15, -0.1) is 12.4 Å². The molecule has 0 aliphatic rings. The molecule has 3 aromatic carbocycles. The zero-order chi connectivity index (χ0) is 25.8. The Kier molecular flexibility index (Phi) is 9.38. The van der Waals surface area contributed by atoms with Crippen molar-refractivity contribution in [3.63, 3.8) is 0 Å². The molecule has 1 amide bonds. The van der Waals surface area contributed by atoms with Gasteiger partial charge in [-0.05, 0) is 48.5 Å². The molecule has 2 aromatic heterocycles. The molecule has 0 spiro atoms. The first-order valence-corrected chi connectivity index (χ1v) is 11.5. The molecule has 3 N–H and O–H groups in total. The smallest absolute Gasteiger partial charge is 0.271 e. The lowest BCUT2D eigenvalue weighted by Gasteiger charge is -2.11. The summed E-state index contributed by atoms with van der Waals surface area (Å²) in [5, 5.41) is 21.4. The molecule has 9 nitrogen and oxygen atoms in total. The summed E-state index contributed by atoms with van der Waals surface area (Å²) in [4.78, 5) is 27.7. The first-order chi connectivity index (χ1) is 17.9. The van der Waals surface area contributed by atoms with Gasteiger partial charge in [-0.1, -0.05) is 0 Å². The lowest BCUT2D eigenvalue weighted by Crippen LogP contribution is -3.00. The number of nitrogens with one attached hydrogen (secondary N) is 3. The van der Waals surface area contributed by atoms with Crippen molar-refractivity contribution >= 4 is 63.3 Å². The number of hydrogen-bond acceptors (Lipinski definition) is 6. The monoisotopic (exact) mass is 562 g/mol. The molecule has 198 valence electrons. The SMILES string of the molecule is Cl.Cn1cc[c+](Nc2cccc(C(=O)Nc3ccc(Nc4ccnc5cc([N+](=O)[O-])ccc45)cc3)c2)cc1.[Cl-]. The molecule has 0 aliphatic carbocycles. The van der Waals surface area contributed by atoms with E-state index in [9.17, 15) is 14.9 Å². The third kappa shape index (κ3) is 6.98. The number of fused-ring (bicyclic) bond motifs is 1. The number of rotatable bonds is 7. The van der Waals surface area contributed by atoms with Crippen LogP contribution in [0.25, 0.3) is 10.9 Å². The molecule has 5 rings (SSSR count). The van der Waals surface area contributed by atoms with Gasteiger partial charge in [-0.25, -0.2) is 0 Å². The zero-order valence-corrected chi connectivity index (χ0v) is 22.2. The van der Waals surface area contributed by atoms with E-state index in [1.807, 2.05) is 60.4 Å². The molecular weight excluding hydrogens is 539 g/mol. The lowest BCUT2D eigenvalue weighted by molar-refractivity contribution is -0.384. The Morgan fingerprint density at radius 1 is 0.949 bits per heavy atom. The van der Waals surface area contributed by atoms with Crippen molar-refractivity contribution in [3.8, 4) is 0 Å². The van der Waals surface area contributed by atoms with Gasteiger partial charge in [0.1, 0.15) is 11.4 Å². The normalized spacial score (nSPS) is 10.1. The van der Waals surface area contributed by atoms with Crippen LogP contribution in [0.5, 0.6) is 0 Å². The van der Waals surface area contributed by atoms with Gasteiger partial charge >= 0.3 is 0 Å². The Balaban J connectivity index is 0.00000210. The molecule has 0 aliphatic heterocycles. The van der Waals surface area contributed by atoms with Gasteiger partial charge in [0.2, 0.25) is 0 Å². The highest BCUT2D eigenvalue weighted by molar-refractivity contribution is 6.05. The summed E-state index contributed by atoms with van der Waals surface area (Å²) in [5.41, 5.74) is 5.02. The second-order valence-corrected chi connectivity index (χ2v) is 8.43. The van der Waals surface area contributed by atoms with Crippen molar-refractivity contribution in [1.82, 2.24) is 9.55 Å². The largest absolute Gasteiger partial charge is 1.00 e. The molecule has 11 heteroatoms. The first kappa shape index (κ1) is 28.8. The Bertz CT molecular complexity index is 1610. The van der Waals surface area contributed by atoms with E-state index in [1.54, 1.807) is 42.6 Å². The van der Waals surface area contributed by atoms with Gasteiger partial charge in [-0.2, -0.15) is 0 Å². The fourth-order valence-electron chi connectivity index (χ4n) is 3.84. The highest BCUT2D eigenvalue weighted by Crippen LogP contribution is 2.28. The number of amides is 1. The van der Waals surface area contributed by atoms with E-state index in [2.05, 4.69) is 20.9 Å². The molecule has 2 heterocycles. The van der Waals surface area contributed by atoms with E-state index in [0.717, 1.165) is 28.1 Å². The van der Waals surface area contributed by atoms with Gasteiger partial charge < -0.3 is 23.0 Å². The summed E-state index contributed by atoms with van der Waals surface area (Å²) in [7, 11) is 1.95. The number of carbonyl (C=O) groups is 1. The third-order valence-corrected chi connectivity index (χ3v) is 5.75. The second-order valence-electron chi connectivity index (χ2n) is 8.43. The number of non-ortho nitro benzene ring substituents is 1. The van der Waals surface area contributed by atoms with Crippen LogP contribution in [-0.2, 0) is 7.05 Å². The summed E-state index contributed by atoms with van der Waals surface area (Å²) >= 11 is 0. The van der Waals surface area contributed by atoms with Crippen LogP contribution < -0.4 is 28.4 Å². The average Bonchev–Trinajstić information content (AvgIpc) is 2.91. The maximum atomic E-state index is 12.8. The Morgan fingerprint density at radius 3 is 2.38 bits per heavy atom. The lowest BCUT2D eigenvalue weighted by atomic mass is 10.1. The van der Waals surface area contributed by atoms with Crippen molar-refractivity contribution in [2.45, 2.75) is 0 Å². The average molecular weight is 563 g/mol. The van der Waals surface area contributed by atoms with Crippen molar-refractivity contribution in [1.29, 1.82) is 0 Å². The van der Waals surface area contributed by atoms with Crippen LogP contribution in [-0.4, -0.2) is 20.4 Å². The van der Waals surface area contributed by atoms with Crippen LogP contribution in [0.4, 0.5) is 34.1 Å². The third-order valence-electron chi connectivity index (χ3n) is 5.75. The number of nitrogens with zero attached hydrogens (tertiary/aromatic N) is 3. The molecule has 0 unspecified atom stereocenters. The van der Waals surface area contributed by atoms with E-state index < -0.39 is 4.92 Å². The second kappa shape index (κ2) is 12.7. The van der Waals surface area contributed by atoms with Gasteiger partial charge in [0.05, 0.1) is 40.5 Å². The van der Waals surface area contributed by atoms with Crippen molar-refractivity contribution < 1.29 is 22.1 Å². The van der Waals surface area contributed by atoms with Crippen LogP contribution in [0.15, 0.2) is 104 Å². The molecular formula is C28H24Cl2N6O3. The van der Waals surface area contributed by atoms with Crippen LogP contribution in [0.1, 0.15) is 10.4 Å². The van der Waals surface area contributed by atoms with Crippen molar-refractivity contribution in [2.24, 2.45) is 7.05 Å². The minimum Gasteiger partial charge on any atom is -1.00 e. The fourth-order valence-corrected chi connectivity index (χ4v) is 3.84. The fraction of sp³-hybridized carbons (Fsp3) is 0.0357. The maximum Gasteiger partial charge on any atom is 0.271 e. The number of pyridine rings is 2. The van der Waals surface area contributed by atoms with Crippen LogP contribution in [0.3, 0.4) is 0 Å². The number of hydrogen-bond donors (Lipinski definition) is 3. The Hall–Kier alpha value is -4.73. The molecule has 0 saturated heterocycles. The number of carbonyl (C=O) groups excluding carboxylic acids is 1. The van der Waals surface area contributed by atoms with Crippen LogP contribution in [0.2, 0.25) is 0 Å². The maximum absolute atomic E-state index is 12.8. The Labute approximate surface area is 236 Å².